The van der Waals surface area contributed by atoms with Crippen molar-refractivity contribution in [2.75, 3.05) is 18.4 Å². The molecule has 1 aliphatic heterocycles. The van der Waals surface area contributed by atoms with Crippen LogP contribution in [-0.4, -0.2) is 44.9 Å². The van der Waals surface area contributed by atoms with E-state index in [-0.39, 0.29) is 23.7 Å². The van der Waals surface area contributed by atoms with E-state index in [4.69, 9.17) is 0 Å². The van der Waals surface area contributed by atoms with Crippen LogP contribution in [0.5, 0.6) is 0 Å². The number of rotatable bonds is 5. The molecule has 0 bridgehead atoms. The highest BCUT2D eigenvalue weighted by Gasteiger charge is 2.32. The Morgan fingerprint density at radius 1 is 1.18 bits per heavy atom. The van der Waals surface area contributed by atoms with Crippen molar-refractivity contribution < 1.29 is 22.4 Å². The molecular weight excluding hydrogens is 458 g/mol. The Bertz CT molecular complexity index is 1120. The van der Waals surface area contributed by atoms with Crippen LogP contribution in [0, 0.1) is 12.7 Å². The molecule has 0 aliphatic carbocycles. The number of nitrogens with zero attached hydrogens (tertiary/aromatic N) is 4. The largest absolute Gasteiger partial charge is 0.419 e. The van der Waals surface area contributed by atoms with E-state index >= 15 is 0 Å². The maximum Gasteiger partial charge on any atom is 0.419 e. The molecule has 1 saturated heterocycles. The number of carbonyl (C=O) groups excluding carboxylic acids is 1. The van der Waals surface area contributed by atoms with Crippen molar-refractivity contribution in [1.29, 1.82) is 0 Å². The van der Waals surface area contributed by atoms with Crippen LogP contribution in [0.25, 0.3) is 10.4 Å². The first kappa shape index (κ1) is 23.1. The molecule has 1 aromatic carbocycles. The third-order valence-corrected chi connectivity index (χ3v) is 6.43. The number of anilines is 1. The van der Waals surface area contributed by atoms with Crippen molar-refractivity contribution in [1.82, 2.24) is 19.9 Å². The number of carbonyl (C=O) groups is 1. The van der Waals surface area contributed by atoms with Crippen LogP contribution in [-0.2, 0) is 6.18 Å². The molecule has 3 heterocycles. The molecule has 6 nitrogen and oxygen atoms in total. The van der Waals surface area contributed by atoms with Gasteiger partial charge in [-0.15, -0.1) is 11.3 Å². The van der Waals surface area contributed by atoms with Crippen LogP contribution in [0.3, 0.4) is 0 Å². The normalized spacial score (nSPS) is 16.6. The molecule has 0 saturated carbocycles. The minimum Gasteiger partial charge on any atom is -0.352 e. The van der Waals surface area contributed by atoms with Crippen LogP contribution < -0.4 is 5.32 Å². The highest BCUT2D eigenvalue weighted by Crippen LogP contribution is 2.32. The molecule has 0 radical (unpaired) electrons. The van der Waals surface area contributed by atoms with Crippen LogP contribution in [0.4, 0.5) is 23.5 Å². The summed E-state index contributed by atoms with van der Waals surface area (Å²) in [6.07, 6.45) is -0.551. The van der Waals surface area contributed by atoms with Crippen LogP contribution in [0.2, 0.25) is 0 Å². The van der Waals surface area contributed by atoms with Gasteiger partial charge >= 0.3 is 6.18 Å². The molecular formula is C22H21F4N5OS. The average Bonchev–Trinajstić information content (AvgIpc) is 3.19. The molecule has 4 rings (SSSR count). The van der Waals surface area contributed by atoms with Gasteiger partial charge in [0, 0.05) is 31.5 Å². The van der Waals surface area contributed by atoms with Gasteiger partial charge in [-0.25, -0.2) is 19.3 Å². The number of halogens is 4. The Morgan fingerprint density at radius 3 is 2.55 bits per heavy atom. The first-order valence-electron chi connectivity index (χ1n) is 10.4. The molecule has 1 unspecified atom stereocenters. The molecule has 33 heavy (non-hydrogen) atoms. The average molecular weight is 480 g/mol. The second kappa shape index (κ2) is 9.42. The van der Waals surface area contributed by atoms with Crippen LogP contribution >= 0.6 is 11.3 Å². The summed E-state index contributed by atoms with van der Waals surface area (Å²) >= 11 is 1.37. The van der Waals surface area contributed by atoms with Gasteiger partial charge in [0.25, 0.3) is 5.91 Å². The van der Waals surface area contributed by atoms with Crippen LogP contribution in [0.15, 0.2) is 36.7 Å². The van der Waals surface area contributed by atoms with E-state index < -0.39 is 11.7 Å². The number of hydrogen-bond acceptors (Lipinski definition) is 6. The fourth-order valence-corrected chi connectivity index (χ4v) is 4.68. The molecule has 174 valence electrons. The van der Waals surface area contributed by atoms with Crippen molar-refractivity contribution in [2.24, 2.45) is 0 Å². The van der Waals surface area contributed by atoms with E-state index in [1.807, 2.05) is 6.92 Å². The van der Waals surface area contributed by atoms with Crippen molar-refractivity contribution in [3.8, 4) is 10.4 Å². The summed E-state index contributed by atoms with van der Waals surface area (Å²) in [5, 5.41) is 3.67. The van der Waals surface area contributed by atoms with E-state index in [0.717, 1.165) is 42.2 Å². The zero-order valence-corrected chi connectivity index (χ0v) is 18.5. The van der Waals surface area contributed by atoms with Gasteiger partial charge in [0.1, 0.15) is 11.5 Å². The number of thiazole rings is 1. The van der Waals surface area contributed by atoms with Gasteiger partial charge in [0.05, 0.1) is 15.4 Å². The van der Waals surface area contributed by atoms with Gasteiger partial charge in [-0.1, -0.05) is 12.1 Å². The Balaban J connectivity index is 1.51. The quantitative estimate of drug-likeness (QED) is 0.511. The predicted molar refractivity (Wildman–Crippen MR) is 116 cm³/mol. The first-order valence-corrected chi connectivity index (χ1v) is 11.2. The second-order valence-electron chi connectivity index (χ2n) is 7.74. The van der Waals surface area contributed by atoms with Gasteiger partial charge in [0.15, 0.2) is 0 Å². The summed E-state index contributed by atoms with van der Waals surface area (Å²) in [4.78, 5) is 27.8. The molecule has 2 aromatic heterocycles. The summed E-state index contributed by atoms with van der Waals surface area (Å²) in [6, 6.07) is 5.74. The lowest BCUT2D eigenvalue weighted by Crippen LogP contribution is -2.47. The summed E-state index contributed by atoms with van der Waals surface area (Å²) in [6.45, 7) is 2.65. The van der Waals surface area contributed by atoms with E-state index in [1.54, 1.807) is 17.0 Å². The van der Waals surface area contributed by atoms with Gasteiger partial charge in [-0.3, -0.25) is 4.79 Å². The molecule has 3 aromatic rings. The number of nitrogens with one attached hydrogen (secondary N) is 1. The SMILES string of the molecule is Cc1nc(C(=O)N2CCCCC2CNc2ncc(C(F)(F)F)cn2)c(-c2ccc(F)cc2)s1. The number of piperidine rings is 1. The number of amides is 1. The molecule has 11 heteroatoms. The van der Waals surface area contributed by atoms with E-state index in [2.05, 4.69) is 20.3 Å². The predicted octanol–water partition coefficient (Wildman–Crippen LogP) is 5.17. The smallest absolute Gasteiger partial charge is 0.352 e. The number of aryl methyl sites for hydroxylation is 1. The lowest BCUT2D eigenvalue weighted by Gasteiger charge is -2.35. The van der Waals surface area contributed by atoms with E-state index in [0.29, 0.717) is 23.7 Å². The molecule has 1 amide bonds. The molecule has 1 fully saturated rings. The maximum absolute atomic E-state index is 13.5. The highest BCUT2D eigenvalue weighted by atomic mass is 32.1. The monoisotopic (exact) mass is 479 g/mol. The minimum atomic E-state index is -4.50. The van der Waals surface area contributed by atoms with Crippen molar-refractivity contribution >= 4 is 23.2 Å². The van der Waals surface area contributed by atoms with Gasteiger partial charge in [0.2, 0.25) is 5.95 Å². The summed E-state index contributed by atoms with van der Waals surface area (Å²) in [5.41, 5.74) is 0.117. The Morgan fingerprint density at radius 2 is 1.88 bits per heavy atom. The molecule has 1 N–H and O–H groups in total. The number of benzene rings is 1. The number of aromatic nitrogens is 3. The number of hydrogen-bond donors (Lipinski definition) is 1. The summed E-state index contributed by atoms with van der Waals surface area (Å²) < 4.78 is 51.5. The third-order valence-electron chi connectivity index (χ3n) is 5.41. The van der Waals surface area contributed by atoms with Gasteiger partial charge < -0.3 is 10.2 Å². The standard InChI is InChI=1S/C22H21F4N5OS/c1-13-30-18(19(33-13)14-5-7-16(23)8-6-14)20(32)31-9-3-2-4-17(31)12-29-21-27-10-15(11-28-21)22(24,25)26/h5-8,10-11,17H,2-4,9,12H2,1H3,(H,27,28,29). The highest BCUT2D eigenvalue weighted by molar-refractivity contribution is 7.15. The molecule has 1 aliphatic rings. The minimum absolute atomic E-state index is 0.0671. The first-order chi connectivity index (χ1) is 15.7. The van der Waals surface area contributed by atoms with Crippen molar-refractivity contribution in [3.05, 3.63) is 58.7 Å². The summed E-state index contributed by atoms with van der Waals surface area (Å²) in [7, 11) is 0. The van der Waals surface area contributed by atoms with Crippen molar-refractivity contribution in [3.63, 3.8) is 0 Å². The van der Waals surface area contributed by atoms with Crippen molar-refractivity contribution in [2.45, 2.75) is 38.4 Å². The lowest BCUT2D eigenvalue weighted by atomic mass is 10.0. The van der Waals surface area contributed by atoms with Gasteiger partial charge in [-0.05, 0) is 43.9 Å². The van der Waals surface area contributed by atoms with Gasteiger partial charge in [-0.2, -0.15) is 13.2 Å². The van der Waals surface area contributed by atoms with E-state index in [1.165, 1.54) is 23.5 Å². The molecule has 0 spiro atoms. The fraction of sp³-hybridized carbons (Fsp3) is 0.364. The lowest BCUT2D eigenvalue weighted by molar-refractivity contribution is -0.138. The Hall–Kier alpha value is -3.08. The zero-order chi connectivity index (χ0) is 23.6. The number of alkyl halides is 3. The Labute approximate surface area is 191 Å². The number of likely N-dealkylation sites (tertiary alicyclic amines) is 1. The third kappa shape index (κ3) is 5.29. The van der Waals surface area contributed by atoms with E-state index in [9.17, 15) is 22.4 Å². The Kier molecular flexibility index (Phi) is 6.59. The fourth-order valence-electron chi connectivity index (χ4n) is 3.76. The topological polar surface area (TPSA) is 71.0 Å². The second-order valence-corrected chi connectivity index (χ2v) is 8.94. The maximum atomic E-state index is 13.5. The zero-order valence-electron chi connectivity index (χ0n) is 17.7. The molecule has 1 atom stereocenters. The summed E-state index contributed by atoms with van der Waals surface area (Å²) in [5.74, 6) is -0.517. The van der Waals surface area contributed by atoms with Crippen LogP contribution in [0.1, 0.15) is 40.3 Å².